The van der Waals surface area contributed by atoms with E-state index in [2.05, 4.69) is 10.3 Å². The summed E-state index contributed by atoms with van der Waals surface area (Å²) in [6.07, 6.45) is 1.06. The highest BCUT2D eigenvalue weighted by molar-refractivity contribution is 5.86. The van der Waals surface area contributed by atoms with Crippen molar-refractivity contribution in [1.29, 1.82) is 0 Å². The number of para-hydroxylation sites is 1. The maximum Gasteiger partial charge on any atom is 0.417 e. The van der Waals surface area contributed by atoms with Gasteiger partial charge in [0.1, 0.15) is 5.75 Å². The number of aromatic nitrogens is 1. The van der Waals surface area contributed by atoms with Gasteiger partial charge in [0.15, 0.2) is 0 Å². The van der Waals surface area contributed by atoms with Gasteiger partial charge in [-0.3, -0.25) is 10.3 Å². The third-order valence-electron chi connectivity index (χ3n) is 2.11. The van der Waals surface area contributed by atoms with Gasteiger partial charge in [0.25, 0.3) is 0 Å². The Morgan fingerprint density at radius 2 is 1.89 bits per heavy atom. The number of carbonyl (C=O) groups excluding carboxylic acids is 1. The normalized spacial score (nSPS) is 9.17. The summed E-state index contributed by atoms with van der Waals surface area (Å²) in [6, 6.07) is 12.5. The number of halogens is 1. The summed E-state index contributed by atoms with van der Waals surface area (Å²) in [5, 5.41) is 2.59. The molecule has 0 saturated heterocycles. The van der Waals surface area contributed by atoms with Gasteiger partial charge in [0.2, 0.25) is 0 Å². The summed E-state index contributed by atoms with van der Waals surface area (Å²) >= 11 is 0. The van der Waals surface area contributed by atoms with Gasteiger partial charge in [-0.2, -0.15) is 0 Å². The molecule has 1 N–H and O–H groups in total. The lowest BCUT2D eigenvalue weighted by atomic mass is 10.3. The van der Waals surface area contributed by atoms with E-state index in [1.165, 1.54) is 0 Å². The van der Waals surface area contributed by atoms with Crippen molar-refractivity contribution in [2.45, 2.75) is 6.92 Å². The first kappa shape index (κ1) is 14.0. The molecule has 2 aromatic rings. The lowest BCUT2D eigenvalue weighted by molar-refractivity contribution is 0.215. The Kier molecular flexibility index (Phi) is 5.14. The van der Waals surface area contributed by atoms with Crippen LogP contribution in [0.5, 0.6) is 5.75 Å². The molecule has 1 aromatic heterocycles. The molecule has 18 heavy (non-hydrogen) atoms. The largest absolute Gasteiger partial charge is 0.417 e. The van der Waals surface area contributed by atoms with Crippen LogP contribution in [-0.4, -0.2) is 11.1 Å². The number of ether oxygens (including phenoxy) is 1. The van der Waals surface area contributed by atoms with Crippen LogP contribution in [0.15, 0.2) is 48.7 Å². The van der Waals surface area contributed by atoms with Crippen LogP contribution in [-0.2, 0) is 0 Å². The molecule has 0 aliphatic heterocycles. The highest BCUT2D eigenvalue weighted by Gasteiger charge is 2.04. The summed E-state index contributed by atoms with van der Waals surface area (Å²) in [4.78, 5) is 15.6. The highest BCUT2D eigenvalue weighted by atomic mass is 35.5. The van der Waals surface area contributed by atoms with Crippen LogP contribution in [0.2, 0.25) is 0 Å². The molecule has 1 heterocycles. The Bertz CT molecular complexity index is 500. The Morgan fingerprint density at radius 3 is 2.50 bits per heavy atom. The average molecular weight is 265 g/mol. The van der Waals surface area contributed by atoms with E-state index >= 15 is 0 Å². The van der Waals surface area contributed by atoms with Crippen LogP contribution in [0.4, 0.5) is 10.5 Å². The number of amides is 1. The molecule has 0 bridgehead atoms. The number of rotatable bonds is 2. The molecule has 94 valence electrons. The number of anilines is 1. The molecule has 0 saturated carbocycles. The highest BCUT2D eigenvalue weighted by Crippen LogP contribution is 2.11. The molecule has 4 nitrogen and oxygen atoms in total. The zero-order chi connectivity index (χ0) is 12.1. The van der Waals surface area contributed by atoms with Gasteiger partial charge in [-0.1, -0.05) is 18.2 Å². The van der Waals surface area contributed by atoms with Crippen LogP contribution >= 0.6 is 12.4 Å². The molecular weight excluding hydrogens is 252 g/mol. The first-order chi connectivity index (χ1) is 8.24. The van der Waals surface area contributed by atoms with Crippen LogP contribution in [0.3, 0.4) is 0 Å². The number of pyridine rings is 1. The van der Waals surface area contributed by atoms with Gasteiger partial charge in [0, 0.05) is 5.69 Å². The molecular formula is C13H13ClN2O2. The predicted octanol–water partition coefficient (Wildman–Crippen LogP) is 3.42. The van der Waals surface area contributed by atoms with Crippen LogP contribution in [0.25, 0.3) is 0 Å². The van der Waals surface area contributed by atoms with Crippen molar-refractivity contribution in [2.24, 2.45) is 0 Å². The molecule has 0 atom stereocenters. The molecule has 0 aliphatic rings. The van der Waals surface area contributed by atoms with Gasteiger partial charge in [-0.05, 0) is 31.2 Å². The van der Waals surface area contributed by atoms with Crippen molar-refractivity contribution in [3.63, 3.8) is 0 Å². The molecule has 1 aromatic carbocycles. The number of aryl methyl sites for hydroxylation is 1. The molecule has 0 spiro atoms. The fourth-order valence-electron chi connectivity index (χ4n) is 1.28. The smallest absolute Gasteiger partial charge is 0.410 e. The fraction of sp³-hybridized carbons (Fsp3) is 0.0769. The van der Waals surface area contributed by atoms with Gasteiger partial charge in [-0.25, -0.2) is 4.79 Å². The summed E-state index contributed by atoms with van der Waals surface area (Å²) in [7, 11) is 0. The van der Waals surface area contributed by atoms with Crippen LogP contribution in [0.1, 0.15) is 5.69 Å². The lowest BCUT2D eigenvalue weighted by Gasteiger charge is -2.06. The van der Waals surface area contributed by atoms with E-state index in [-0.39, 0.29) is 12.4 Å². The minimum absolute atomic E-state index is 0. The molecule has 2 rings (SSSR count). The van der Waals surface area contributed by atoms with Crippen molar-refractivity contribution < 1.29 is 9.53 Å². The second-order valence-corrected chi connectivity index (χ2v) is 3.52. The van der Waals surface area contributed by atoms with E-state index in [1.54, 1.807) is 36.5 Å². The lowest BCUT2D eigenvalue weighted by Crippen LogP contribution is -2.16. The Morgan fingerprint density at radius 1 is 1.17 bits per heavy atom. The molecule has 0 radical (unpaired) electrons. The van der Waals surface area contributed by atoms with Gasteiger partial charge in [-0.15, -0.1) is 12.4 Å². The standard InChI is InChI=1S/C13H12N2O2.ClH/c1-10-7-8-11(9-14-10)15-13(16)17-12-5-3-2-4-6-12;/h2-9H,1H3,(H,15,16);1H. The van der Waals surface area contributed by atoms with Crippen LogP contribution < -0.4 is 10.1 Å². The van der Waals surface area contributed by atoms with Gasteiger partial charge in [0.05, 0.1) is 11.9 Å². The van der Waals surface area contributed by atoms with E-state index in [0.717, 1.165) is 5.69 Å². The molecule has 1 amide bonds. The number of nitrogens with zero attached hydrogens (tertiary/aromatic N) is 1. The first-order valence-electron chi connectivity index (χ1n) is 5.20. The van der Waals surface area contributed by atoms with Crippen molar-refractivity contribution >= 4 is 24.2 Å². The van der Waals surface area contributed by atoms with E-state index in [4.69, 9.17) is 4.74 Å². The summed E-state index contributed by atoms with van der Waals surface area (Å²) in [5.41, 5.74) is 1.50. The maximum absolute atomic E-state index is 11.5. The third-order valence-corrected chi connectivity index (χ3v) is 2.11. The molecule has 0 aliphatic carbocycles. The minimum Gasteiger partial charge on any atom is -0.410 e. The van der Waals surface area contributed by atoms with Gasteiger partial charge >= 0.3 is 6.09 Å². The van der Waals surface area contributed by atoms with Crippen LogP contribution in [0, 0.1) is 6.92 Å². The second kappa shape index (κ2) is 6.61. The maximum atomic E-state index is 11.5. The minimum atomic E-state index is -0.526. The fourth-order valence-corrected chi connectivity index (χ4v) is 1.28. The summed E-state index contributed by atoms with van der Waals surface area (Å²) in [6.45, 7) is 1.88. The van der Waals surface area contributed by atoms with Crippen molar-refractivity contribution in [3.05, 3.63) is 54.4 Å². The van der Waals surface area contributed by atoms with E-state index < -0.39 is 6.09 Å². The SMILES string of the molecule is Cc1ccc(NC(=O)Oc2ccccc2)cn1.Cl. The first-order valence-corrected chi connectivity index (χ1v) is 5.20. The van der Waals surface area contributed by atoms with E-state index in [1.807, 2.05) is 19.1 Å². The number of nitrogens with one attached hydrogen (secondary N) is 1. The molecule has 0 fully saturated rings. The zero-order valence-corrected chi connectivity index (χ0v) is 10.6. The Balaban J connectivity index is 0.00000162. The zero-order valence-electron chi connectivity index (χ0n) is 9.79. The number of hydrogen-bond donors (Lipinski definition) is 1. The van der Waals surface area contributed by atoms with E-state index in [0.29, 0.717) is 11.4 Å². The monoisotopic (exact) mass is 264 g/mol. The van der Waals surface area contributed by atoms with Gasteiger partial charge < -0.3 is 4.74 Å². The number of carbonyl (C=O) groups is 1. The topological polar surface area (TPSA) is 51.2 Å². The molecule has 5 heteroatoms. The van der Waals surface area contributed by atoms with Crippen molar-refractivity contribution in [1.82, 2.24) is 4.98 Å². The Hall–Kier alpha value is -2.07. The van der Waals surface area contributed by atoms with Crippen molar-refractivity contribution in [3.8, 4) is 5.75 Å². The van der Waals surface area contributed by atoms with E-state index in [9.17, 15) is 4.79 Å². The molecule has 0 unspecified atom stereocenters. The summed E-state index contributed by atoms with van der Waals surface area (Å²) < 4.78 is 5.07. The number of hydrogen-bond acceptors (Lipinski definition) is 3. The second-order valence-electron chi connectivity index (χ2n) is 3.52. The predicted molar refractivity (Wildman–Crippen MR) is 72.3 cm³/mol. The third kappa shape index (κ3) is 4.07. The van der Waals surface area contributed by atoms with Crippen molar-refractivity contribution in [2.75, 3.05) is 5.32 Å². The quantitative estimate of drug-likeness (QED) is 0.904. The summed E-state index contributed by atoms with van der Waals surface area (Å²) in [5.74, 6) is 0.505. The average Bonchev–Trinajstić information content (AvgIpc) is 2.33. The number of benzene rings is 1. The Labute approximate surface area is 111 Å².